The Morgan fingerprint density at radius 1 is 1.20 bits per heavy atom. The quantitative estimate of drug-likeness (QED) is 0.0874. The summed E-state index contributed by atoms with van der Waals surface area (Å²) in [5.74, 6) is -2.90. The smallest absolute Gasteiger partial charge is 0.411 e. The molecule has 5 rings (SSSR count). The van der Waals surface area contributed by atoms with Crippen molar-refractivity contribution in [1.82, 2.24) is 15.2 Å². The third-order valence-electron chi connectivity index (χ3n) is 9.02. The minimum absolute atomic E-state index is 0.0482. The zero-order valence-corrected chi connectivity index (χ0v) is 31.3. The number of amides is 2. The number of hydrogen-bond acceptors (Lipinski definition) is 9. The first-order chi connectivity index (χ1) is 25.2. The summed E-state index contributed by atoms with van der Waals surface area (Å²) in [6.07, 6.45) is -10.1. The van der Waals surface area contributed by atoms with E-state index < -0.39 is 71.4 Å². The number of hydrogen-bond donors (Lipinski definition) is 2. The standard InChI is InChI=1S/C35H37ClF6N8O3S/c1-18-26(54-17-46-18)20-7-9-21(23(37)13-20)34(16-32(2,3)4)29(51)49(30(43)47-34)25(15-53-31(52)48-33(11-12-33)35(40,41)42)19-8-10-22(36)24(14-19)50(45-6)28(44-5)27(38)39/h7-10,13-14,17,25,27H,6,11-12,15-16H2,1-5H3,(H2,43,47)(H,48,52)/t25-,34-/m1/s1. The Balaban J connectivity index is 1.62. The van der Waals surface area contributed by atoms with Crippen LogP contribution in [0.3, 0.4) is 0 Å². The Bertz CT molecular complexity index is 2010. The Morgan fingerprint density at radius 3 is 2.41 bits per heavy atom. The minimum Gasteiger partial charge on any atom is -0.447 e. The van der Waals surface area contributed by atoms with Crippen molar-refractivity contribution < 1.29 is 40.7 Å². The molecular weight excluding hydrogens is 762 g/mol. The molecule has 0 unspecified atom stereocenters. The fourth-order valence-corrected chi connectivity index (χ4v) is 7.39. The monoisotopic (exact) mass is 798 g/mol. The van der Waals surface area contributed by atoms with Crippen molar-refractivity contribution in [2.75, 3.05) is 18.7 Å². The van der Waals surface area contributed by atoms with Crippen molar-refractivity contribution in [2.24, 2.45) is 26.2 Å². The van der Waals surface area contributed by atoms with Gasteiger partial charge in [-0.05, 0) is 60.9 Å². The van der Waals surface area contributed by atoms with E-state index in [0.29, 0.717) is 21.1 Å². The largest absolute Gasteiger partial charge is 0.447 e. The van der Waals surface area contributed by atoms with E-state index in [0.717, 1.165) is 11.9 Å². The number of aliphatic imine (C=N–C) groups is 2. The van der Waals surface area contributed by atoms with Gasteiger partial charge in [0.25, 0.3) is 12.3 Å². The molecule has 0 bridgehead atoms. The summed E-state index contributed by atoms with van der Waals surface area (Å²) in [5.41, 5.74) is 3.94. The molecule has 3 aromatic rings. The molecule has 1 aromatic heterocycles. The SMILES string of the molecule is C=NN(C(=NC)C(F)F)c1cc([C@@H](COC(=O)NC2(C(F)(F)F)CC2)N2C(=O)[C@@](CC(C)(C)C)(c3ccc(-c4scnc4C)cc3F)N=C2N)ccc1Cl. The summed E-state index contributed by atoms with van der Waals surface area (Å²) in [5, 5.41) is 6.05. The van der Waals surface area contributed by atoms with E-state index in [9.17, 15) is 31.5 Å². The van der Waals surface area contributed by atoms with Crippen LogP contribution >= 0.6 is 22.9 Å². The predicted octanol–water partition coefficient (Wildman–Crippen LogP) is 7.98. The number of carbonyl (C=O) groups is 2. The topological polar surface area (TPSA) is 138 Å². The molecule has 0 saturated heterocycles. The number of alkyl carbamates (subject to hydrolysis) is 1. The first-order valence-electron chi connectivity index (χ1n) is 16.4. The second kappa shape index (κ2) is 14.8. The summed E-state index contributed by atoms with van der Waals surface area (Å²) < 4.78 is 90.6. The number of nitrogens with two attached hydrogens (primary N) is 1. The highest BCUT2D eigenvalue weighted by Crippen LogP contribution is 2.49. The van der Waals surface area contributed by atoms with E-state index in [4.69, 9.17) is 22.1 Å². The van der Waals surface area contributed by atoms with Crippen LogP contribution < -0.4 is 16.1 Å². The number of guanidine groups is 1. The van der Waals surface area contributed by atoms with Gasteiger partial charge in [0.2, 0.25) is 0 Å². The number of benzene rings is 2. The molecule has 1 saturated carbocycles. The number of thiazole rings is 1. The van der Waals surface area contributed by atoms with Crippen LogP contribution in [0.25, 0.3) is 10.4 Å². The molecule has 2 amide bonds. The lowest BCUT2D eigenvalue weighted by Gasteiger charge is -2.35. The molecule has 3 N–H and O–H groups in total. The highest BCUT2D eigenvalue weighted by Gasteiger charge is 2.64. The van der Waals surface area contributed by atoms with Crippen molar-refractivity contribution >= 4 is 59.1 Å². The second-order valence-electron chi connectivity index (χ2n) is 14.1. The molecule has 2 atom stereocenters. The van der Waals surface area contributed by atoms with Gasteiger partial charge in [-0.25, -0.2) is 33.0 Å². The van der Waals surface area contributed by atoms with E-state index in [1.165, 1.54) is 41.7 Å². The number of amidine groups is 1. The maximum absolute atomic E-state index is 16.3. The zero-order chi connectivity index (χ0) is 40.0. The number of hydrazone groups is 1. The van der Waals surface area contributed by atoms with Crippen LogP contribution in [0.5, 0.6) is 0 Å². The molecule has 1 aliphatic heterocycles. The number of anilines is 1. The van der Waals surface area contributed by atoms with Crippen molar-refractivity contribution in [1.29, 1.82) is 0 Å². The van der Waals surface area contributed by atoms with Gasteiger partial charge in [-0.15, -0.1) is 11.3 Å². The van der Waals surface area contributed by atoms with Crippen LogP contribution in [0.4, 0.5) is 36.8 Å². The van der Waals surface area contributed by atoms with Crippen molar-refractivity contribution in [3.05, 3.63) is 69.6 Å². The van der Waals surface area contributed by atoms with Crippen LogP contribution in [0, 0.1) is 18.2 Å². The fourth-order valence-electron chi connectivity index (χ4n) is 6.39. The highest BCUT2D eigenvalue weighted by atomic mass is 35.5. The zero-order valence-electron chi connectivity index (χ0n) is 29.8. The molecule has 1 fully saturated rings. The Kier molecular flexibility index (Phi) is 11.1. The summed E-state index contributed by atoms with van der Waals surface area (Å²) in [6.45, 7) is 9.72. The normalized spacial score (nSPS) is 19.1. The Hall–Kier alpha value is -4.71. The number of aryl methyl sites for hydroxylation is 1. The van der Waals surface area contributed by atoms with Crippen molar-refractivity contribution in [3.8, 4) is 10.4 Å². The summed E-state index contributed by atoms with van der Waals surface area (Å²) in [6, 6.07) is 6.72. The van der Waals surface area contributed by atoms with Crippen LogP contribution in [-0.2, 0) is 15.1 Å². The number of alkyl halides is 5. The first kappa shape index (κ1) is 40.5. The van der Waals surface area contributed by atoms with E-state index >= 15 is 4.39 Å². The number of nitrogens with one attached hydrogen (secondary N) is 1. The number of halogens is 7. The average molecular weight is 799 g/mol. The molecule has 1 aliphatic carbocycles. The average Bonchev–Trinajstić information content (AvgIpc) is 3.68. The van der Waals surface area contributed by atoms with Crippen LogP contribution in [0.15, 0.2) is 57.0 Å². The Morgan fingerprint density at radius 2 is 1.89 bits per heavy atom. The first-order valence-corrected chi connectivity index (χ1v) is 17.7. The molecule has 290 valence electrons. The second-order valence-corrected chi connectivity index (χ2v) is 15.3. The molecule has 11 nitrogen and oxygen atoms in total. The molecular formula is C35H37ClF6N8O3S. The van der Waals surface area contributed by atoms with Gasteiger partial charge >= 0.3 is 12.3 Å². The van der Waals surface area contributed by atoms with Crippen molar-refractivity contribution in [3.63, 3.8) is 0 Å². The van der Waals surface area contributed by atoms with E-state index in [-0.39, 0.29) is 41.1 Å². The number of carbonyl (C=O) groups excluding carboxylic acids is 2. The lowest BCUT2D eigenvalue weighted by atomic mass is 9.75. The van der Waals surface area contributed by atoms with E-state index in [2.05, 4.69) is 26.8 Å². The fraction of sp³-hybridized carbons (Fsp3) is 0.429. The lowest BCUT2D eigenvalue weighted by Crippen LogP contribution is -2.50. The molecule has 19 heteroatoms. The lowest BCUT2D eigenvalue weighted by molar-refractivity contribution is -0.164. The van der Waals surface area contributed by atoms with Crippen LogP contribution in [-0.4, -0.2) is 72.2 Å². The van der Waals surface area contributed by atoms with Gasteiger partial charge in [-0.2, -0.15) is 18.3 Å². The molecule has 54 heavy (non-hydrogen) atoms. The highest BCUT2D eigenvalue weighted by molar-refractivity contribution is 7.13. The van der Waals surface area contributed by atoms with Crippen molar-refractivity contribution in [2.45, 2.75) is 76.7 Å². The Labute approximate surface area is 315 Å². The predicted molar refractivity (Wildman–Crippen MR) is 195 cm³/mol. The van der Waals surface area contributed by atoms with Gasteiger partial charge in [0, 0.05) is 19.3 Å². The van der Waals surface area contributed by atoms with Gasteiger partial charge < -0.3 is 15.8 Å². The maximum atomic E-state index is 16.3. The molecule has 2 aromatic carbocycles. The summed E-state index contributed by atoms with van der Waals surface area (Å²) >= 11 is 7.72. The van der Waals surface area contributed by atoms with Gasteiger partial charge in [0.05, 0.1) is 32.8 Å². The summed E-state index contributed by atoms with van der Waals surface area (Å²) in [7, 11) is 1.10. The minimum atomic E-state index is -4.76. The number of rotatable bonds is 11. The van der Waals surface area contributed by atoms with E-state index in [1.54, 1.807) is 39.3 Å². The number of nitrogens with zero attached hydrogens (tertiary/aromatic N) is 6. The molecule has 0 radical (unpaired) electrons. The molecule has 0 spiro atoms. The third-order valence-corrected chi connectivity index (χ3v) is 10.3. The van der Waals surface area contributed by atoms with Crippen LogP contribution in [0.1, 0.15) is 62.9 Å². The number of aromatic nitrogens is 1. The van der Waals surface area contributed by atoms with Gasteiger partial charge in [0.1, 0.15) is 18.0 Å². The van der Waals surface area contributed by atoms with Gasteiger partial charge in [0.15, 0.2) is 17.3 Å². The van der Waals surface area contributed by atoms with Gasteiger partial charge in [-0.3, -0.25) is 14.7 Å². The number of ether oxygens (including phenoxy) is 1. The molecule has 2 heterocycles. The maximum Gasteiger partial charge on any atom is 0.411 e. The molecule has 2 aliphatic rings. The third kappa shape index (κ3) is 7.76. The summed E-state index contributed by atoms with van der Waals surface area (Å²) in [4.78, 5) is 41.8. The van der Waals surface area contributed by atoms with Gasteiger partial charge in [-0.1, -0.05) is 50.6 Å². The van der Waals surface area contributed by atoms with E-state index in [1.807, 2.05) is 5.32 Å². The van der Waals surface area contributed by atoms with Crippen LogP contribution in [0.2, 0.25) is 5.02 Å².